The molecule has 0 saturated carbocycles. The van der Waals surface area contributed by atoms with Gasteiger partial charge in [-0.15, -0.1) is 0 Å². The molecule has 0 radical (unpaired) electrons. The number of hydrogen-bond donors (Lipinski definition) is 3. The van der Waals surface area contributed by atoms with Crippen molar-refractivity contribution in [1.82, 2.24) is 10.6 Å². The van der Waals surface area contributed by atoms with Crippen molar-refractivity contribution in [2.24, 2.45) is 0 Å². The number of rotatable bonds is 5. The molecule has 0 bridgehead atoms. The lowest BCUT2D eigenvalue weighted by Crippen LogP contribution is -2.41. The summed E-state index contributed by atoms with van der Waals surface area (Å²) in [5, 5.41) is 15.1. The van der Waals surface area contributed by atoms with E-state index in [2.05, 4.69) is 16.7 Å². The van der Waals surface area contributed by atoms with Gasteiger partial charge in [0.25, 0.3) is 0 Å². The number of β-amino-alcohol motifs (C(OH)–C–C–N with tert-alkyl or cyclic N) is 1. The highest BCUT2D eigenvalue weighted by Crippen LogP contribution is 2.15. The van der Waals surface area contributed by atoms with E-state index in [1.54, 1.807) is 0 Å². The molecule has 1 heterocycles. The van der Waals surface area contributed by atoms with Crippen LogP contribution in [0.5, 0.6) is 5.75 Å². The number of aryl methyl sites for hydroxylation is 2. The molecule has 2 unspecified atom stereocenters. The second-order valence-corrected chi connectivity index (χ2v) is 5.31. The minimum Gasteiger partial charge on any atom is -0.492 e. The van der Waals surface area contributed by atoms with Gasteiger partial charge in [0.05, 0.1) is 18.7 Å². The van der Waals surface area contributed by atoms with E-state index >= 15 is 0 Å². The van der Waals surface area contributed by atoms with Crippen molar-refractivity contribution in [3.05, 3.63) is 29.3 Å². The SMILES string of the molecule is Cc1cc(C)cc(OCCNC(=O)C2CC(O)CN2)c1. The molecule has 3 N–H and O–H groups in total. The summed E-state index contributed by atoms with van der Waals surface area (Å²) in [6, 6.07) is 5.75. The quantitative estimate of drug-likeness (QED) is 0.687. The molecule has 0 aliphatic carbocycles. The van der Waals surface area contributed by atoms with E-state index in [-0.39, 0.29) is 11.9 Å². The predicted molar refractivity (Wildman–Crippen MR) is 76.8 cm³/mol. The number of aliphatic hydroxyl groups excluding tert-OH is 1. The number of nitrogens with one attached hydrogen (secondary N) is 2. The minimum atomic E-state index is -0.419. The van der Waals surface area contributed by atoms with Gasteiger partial charge in [-0.2, -0.15) is 0 Å². The van der Waals surface area contributed by atoms with Gasteiger partial charge < -0.3 is 20.5 Å². The fourth-order valence-corrected chi connectivity index (χ4v) is 2.40. The molecule has 1 aromatic carbocycles. The van der Waals surface area contributed by atoms with Gasteiger partial charge in [0.2, 0.25) is 5.91 Å². The van der Waals surface area contributed by atoms with Crippen LogP contribution in [0.4, 0.5) is 0 Å². The molecular weight excluding hydrogens is 256 g/mol. The van der Waals surface area contributed by atoms with E-state index < -0.39 is 6.10 Å². The average molecular weight is 278 g/mol. The zero-order chi connectivity index (χ0) is 14.5. The monoisotopic (exact) mass is 278 g/mol. The van der Waals surface area contributed by atoms with Crippen molar-refractivity contribution in [1.29, 1.82) is 0 Å². The lowest BCUT2D eigenvalue weighted by Gasteiger charge is -2.12. The first-order valence-electron chi connectivity index (χ1n) is 6.95. The molecule has 2 atom stereocenters. The average Bonchev–Trinajstić information content (AvgIpc) is 2.80. The number of carbonyl (C=O) groups is 1. The largest absolute Gasteiger partial charge is 0.492 e. The zero-order valence-corrected chi connectivity index (χ0v) is 12.0. The van der Waals surface area contributed by atoms with E-state index in [1.807, 2.05) is 26.0 Å². The Morgan fingerprint density at radius 1 is 1.40 bits per heavy atom. The van der Waals surface area contributed by atoms with Crippen LogP contribution in [-0.2, 0) is 4.79 Å². The smallest absolute Gasteiger partial charge is 0.237 e. The topological polar surface area (TPSA) is 70.6 Å². The van der Waals surface area contributed by atoms with Gasteiger partial charge in [-0.1, -0.05) is 6.07 Å². The molecule has 0 aromatic heterocycles. The van der Waals surface area contributed by atoms with Crippen LogP contribution in [0.1, 0.15) is 17.5 Å². The number of benzene rings is 1. The van der Waals surface area contributed by atoms with Gasteiger partial charge in [0, 0.05) is 6.54 Å². The van der Waals surface area contributed by atoms with Crippen molar-refractivity contribution in [2.75, 3.05) is 19.7 Å². The Kier molecular flexibility index (Phi) is 4.98. The number of carbonyl (C=O) groups excluding carboxylic acids is 1. The van der Waals surface area contributed by atoms with Crippen LogP contribution in [-0.4, -0.2) is 42.9 Å². The van der Waals surface area contributed by atoms with Gasteiger partial charge >= 0.3 is 0 Å². The molecule has 1 aliphatic rings. The summed E-state index contributed by atoms with van der Waals surface area (Å²) in [4.78, 5) is 11.8. The fourth-order valence-electron chi connectivity index (χ4n) is 2.40. The van der Waals surface area contributed by atoms with E-state index in [4.69, 9.17) is 4.74 Å². The van der Waals surface area contributed by atoms with E-state index in [9.17, 15) is 9.90 Å². The molecule has 1 saturated heterocycles. The molecule has 1 amide bonds. The summed E-state index contributed by atoms with van der Waals surface area (Å²) in [5.74, 6) is 0.747. The molecule has 1 aliphatic heterocycles. The van der Waals surface area contributed by atoms with Crippen LogP contribution in [0.2, 0.25) is 0 Å². The van der Waals surface area contributed by atoms with Crippen LogP contribution >= 0.6 is 0 Å². The van der Waals surface area contributed by atoms with Gasteiger partial charge in [0.1, 0.15) is 12.4 Å². The van der Waals surface area contributed by atoms with Crippen molar-refractivity contribution in [3.63, 3.8) is 0 Å². The molecule has 5 nitrogen and oxygen atoms in total. The Hall–Kier alpha value is -1.59. The lowest BCUT2D eigenvalue weighted by atomic mass is 10.1. The fraction of sp³-hybridized carbons (Fsp3) is 0.533. The number of aliphatic hydroxyl groups is 1. The molecule has 110 valence electrons. The van der Waals surface area contributed by atoms with Crippen LogP contribution in [0.25, 0.3) is 0 Å². The third-order valence-corrected chi connectivity index (χ3v) is 3.29. The standard InChI is InChI=1S/C15H22N2O3/c1-10-5-11(2)7-13(6-10)20-4-3-16-15(19)14-8-12(18)9-17-14/h5-7,12,14,17-18H,3-4,8-9H2,1-2H3,(H,16,19). The second-order valence-electron chi connectivity index (χ2n) is 5.31. The first kappa shape index (κ1) is 14.8. The van der Waals surface area contributed by atoms with Crippen molar-refractivity contribution in [2.45, 2.75) is 32.4 Å². The van der Waals surface area contributed by atoms with Gasteiger partial charge in [-0.25, -0.2) is 0 Å². The van der Waals surface area contributed by atoms with Crippen LogP contribution in [0.15, 0.2) is 18.2 Å². The molecule has 2 rings (SSSR count). The van der Waals surface area contributed by atoms with Gasteiger partial charge in [0.15, 0.2) is 0 Å². The highest BCUT2D eigenvalue weighted by molar-refractivity contribution is 5.82. The molecule has 20 heavy (non-hydrogen) atoms. The lowest BCUT2D eigenvalue weighted by molar-refractivity contribution is -0.123. The number of ether oxygens (including phenoxy) is 1. The molecule has 0 spiro atoms. The summed E-state index contributed by atoms with van der Waals surface area (Å²) in [5.41, 5.74) is 2.32. The molecule has 1 fully saturated rings. The maximum Gasteiger partial charge on any atom is 0.237 e. The highest BCUT2D eigenvalue weighted by Gasteiger charge is 2.27. The normalized spacial score (nSPS) is 21.8. The Morgan fingerprint density at radius 3 is 2.70 bits per heavy atom. The van der Waals surface area contributed by atoms with E-state index in [0.717, 1.165) is 16.9 Å². The van der Waals surface area contributed by atoms with Crippen molar-refractivity contribution < 1.29 is 14.6 Å². The number of amides is 1. The highest BCUT2D eigenvalue weighted by atomic mass is 16.5. The maximum absolute atomic E-state index is 11.8. The van der Waals surface area contributed by atoms with Crippen molar-refractivity contribution in [3.8, 4) is 5.75 Å². The van der Waals surface area contributed by atoms with Crippen molar-refractivity contribution >= 4 is 5.91 Å². The Balaban J connectivity index is 1.69. The molecule has 5 heteroatoms. The third-order valence-electron chi connectivity index (χ3n) is 3.29. The third kappa shape index (κ3) is 4.21. The first-order chi connectivity index (χ1) is 9.54. The Morgan fingerprint density at radius 2 is 2.10 bits per heavy atom. The van der Waals surface area contributed by atoms with Crippen LogP contribution < -0.4 is 15.4 Å². The summed E-state index contributed by atoms with van der Waals surface area (Å²) in [6.07, 6.45) is 0.0568. The maximum atomic E-state index is 11.8. The second kappa shape index (κ2) is 6.72. The summed E-state index contributed by atoms with van der Waals surface area (Å²) in [6.45, 7) is 5.43. The Bertz CT molecular complexity index is 456. The van der Waals surface area contributed by atoms with Gasteiger partial charge in [-0.3, -0.25) is 4.79 Å². The van der Waals surface area contributed by atoms with Crippen LogP contribution in [0, 0.1) is 13.8 Å². The summed E-state index contributed by atoms with van der Waals surface area (Å²) < 4.78 is 5.62. The van der Waals surface area contributed by atoms with E-state index in [0.29, 0.717) is 26.1 Å². The molecule has 1 aromatic rings. The predicted octanol–water partition coefficient (Wildman–Crippen LogP) is 0.521. The Labute approximate surface area is 119 Å². The summed E-state index contributed by atoms with van der Waals surface area (Å²) in [7, 11) is 0. The first-order valence-corrected chi connectivity index (χ1v) is 6.95. The van der Waals surface area contributed by atoms with Crippen LogP contribution in [0.3, 0.4) is 0 Å². The summed E-state index contributed by atoms with van der Waals surface area (Å²) >= 11 is 0. The number of hydrogen-bond acceptors (Lipinski definition) is 4. The van der Waals surface area contributed by atoms with E-state index in [1.165, 1.54) is 0 Å². The molecular formula is C15H22N2O3. The minimum absolute atomic E-state index is 0.0782. The zero-order valence-electron chi connectivity index (χ0n) is 12.0. The van der Waals surface area contributed by atoms with Gasteiger partial charge in [-0.05, 0) is 43.5 Å².